The fourth-order valence-electron chi connectivity index (χ4n) is 2.96. The van der Waals surface area contributed by atoms with Crippen LogP contribution in [0.1, 0.15) is 70.0 Å². The standard InChI is InChI=1S/C16H26N4O/c1-2-21-16-13(17)15(19-14(20-16)11-9-10-11)18-12-7-5-3-4-6-8-12/h11-12H,2-10,17H2,1H3,(H,18,19,20). The van der Waals surface area contributed by atoms with Gasteiger partial charge in [-0.2, -0.15) is 4.98 Å². The number of nitrogens with two attached hydrogens (primary N) is 1. The van der Waals surface area contributed by atoms with Crippen molar-refractivity contribution in [1.82, 2.24) is 9.97 Å². The Morgan fingerprint density at radius 3 is 2.43 bits per heavy atom. The summed E-state index contributed by atoms with van der Waals surface area (Å²) in [4.78, 5) is 9.17. The summed E-state index contributed by atoms with van der Waals surface area (Å²) in [5.41, 5.74) is 6.76. The predicted octanol–water partition coefficient (Wildman–Crippen LogP) is 3.47. The maximum Gasteiger partial charge on any atom is 0.242 e. The second-order valence-corrected chi connectivity index (χ2v) is 6.19. The molecule has 5 nitrogen and oxygen atoms in total. The van der Waals surface area contributed by atoms with E-state index in [-0.39, 0.29) is 0 Å². The zero-order valence-corrected chi connectivity index (χ0v) is 12.9. The summed E-state index contributed by atoms with van der Waals surface area (Å²) in [6.45, 7) is 2.53. The summed E-state index contributed by atoms with van der Waals surface area (Å²) < 4.78 is 5.59. The highest BCUT2D eigenvalue weighted by Gasteiger charge is 2.29. The third-order valence-corrected chi connectivity index (χ3v) is 4.35. The summed E-state index contributed by atoms with van der Waals surface area (Å²) in [6.07, 6.45) is 10.0. The number of hydrogen-bond acceptors (Lipinski definition) is 5. The molecule has 2 fully saturated rings. The predicted molar refractivity (Wildman–Crippen MR) is 84.7 cm³/mol. The van der Waals surface area contributed by atoms with E-state index >= 15 is 0 Å². The van der Waals surface area contributed by atoms with Crippen LogP contribution in [0.2, 0.25) is 0 Å². The van der Waals surface area contributed by atoms with E-state index in [1.807, 2.05) is 6.92 Å². The van der Waals surface area contributed by atoms with E-state index in [4.69, 9.17) is 10.5 Å². The third-order valence-electron chi connectivity index (χ3n) is 4.35. The number of nitrogen functional groups attached to an aromatic ring is 1. The Labute approximate surface area is 126 Å². The lowest BCUT2D eigenvalue weighted by molar-refractivity contribution is 0.327. The van der Waals surface area contributed by atoms with E-state index in [9.17, 15) is 0 Å². The molecule has 0 bridgehead atoms. The molecule has 1 aromatic rings. The molecule has 0 saturated heterocycles. The van der Waals surface area contributed by atoms with Gasteiger partial charge in [-0.3, -0.25) is 0 Å². The van der Waals surface area contributed by atoms with Crippen molar-refractivity contribution >= 4 is 11.5 Å². The lowest BCUT2D eigenvalue weighted by Gasteiger charge is -2.19. The molecule has 0 radical (unpaired) electrons. The highest BCUT2D eigenvalue weighted by Crippen LogP contribution is 2.41. The minimum atomic E-state index is 0.478. The molecule has 0 atom stereocenters. The Hall–Kier alpha value is -1.52. The molecule has 116 valence electrons. The molecule has 2 saturated carbocycles. The summed E-state index contributed by atoms with van der Waals surface area (Å²) in [5.74, 6) is 2.72. The van der Waals surface area contributed by atoms with Crippen LogP contribution in [0.3, 0.4) is 0 Å². The highest BCUT2D eigenvalue weighted by molar-refractivity contribution is 5.67. The fourth-order valence-corrected chi connectivity index (χ4v) is 2.96. The van der Waals surface area contributed by atoms with Gasteiger partial charge >= 0.3 is 0 Å². The van der Waals surface area contributed by atoms with Gasteiger partial charge in [0.1, 0.15) is 11.5 Å². The second kappa shape index (κ2) is 6.50. The molecule has 0 spiro atoms. The first kappa shape index (κ1) is 14.4. The number of aromatic nitrogens is 2. The van der Waals surface area contributed by atoms with Gasteiger partial charge in [0.25, 0.3) is 0 Å². The number of rotatable bonds is 5. The van der Waals surface area contributed by atoms with Crippen LogP contribution in [0, 0.1) is 0 Å². The van der Waals surface area contributed by atoms with Gasteiger partial charge in [-0.05, 0) is 32.6 Å². The van der Waals surface area contributed by atoms with Crippen LogP contribution >= 0.6 is 0 Å². The first-order valence-electron chi connectivity index (χ1n) is 8.34. The smallest absolute Gasteiger partial charge is 0.242 e. The van der Waals surface area contributed by atoms with E-state index in [0.717, 1.165) is 11.6 Å². The molecule has 0 aromatic carbocycles. The zero-order chi connectivity index (χ0) is 14.7. The topological polar surface area (TPSA) is 73.1 Å². The molecule has 3 N–H and O–H groups in total. The van der Waals surface area contributed by atoms with Crippen LogP contribution in [0.15, 0.2) is 0 Å². The van der Waals surface area contributed by atoms with E-state index in [1.54, 1.807) is 0 Å². The Morgan fingerprint density at radius 1 is 1.10 bits per heavy atom. The molecule has 5 heteroatoms. The van der Waals surface area contributed by atoms with Crippen molar-refractivity contribution in [2.45, 2.75) is 70.3 Å². The summed E-state index contributed by atoms with van der Waals surface area (Å²) in [6, 6.07) is 0.478. The molecule has 1 heterocycles. The zero-order valence-electron chi connectivity index (χ0n) is 12.9. The minimum absolute atomic E-state index is 0.478. The van der Waals surface area contributed by atoms with E-state index in [0.29, 0.717) is 30.1 Å². The van der Waals surface area contributed by atoms with Gasteiger partial charge in [-0.15, -0.1) is 0 Å². The molecular weight excluding hydrogens is 264 g/mol. The van der Waals surface area contributed by atoms with Crippen LogP contribution in [0.5, 0.6) is 5.88 Å². The number of anilines is 2. The normalized spacial score (nSPS) is 20.0. The molecule has 1 aromatic heterocycles. The molecule has 21 heavy (non-hydrogen) atoms. The SMILES string of the molecule is CCOc1nc(C2CC2)nc(NC2CCCCCC2)c1N. The van der Waals surface area contributed by atoms with Crippen LogP contribution in [-0.4, -0.2) is 22.6 Å². The number of nitrogens with one attached hydrogen (secondary N) is 1. The molecule has 0 unspecified atom stereocenters. The average molecular weight is 290 g/mol. The minimum Gasteiger partial charge on any atom is -0.476 e. The highest BCUT2D eigenvalue weighted by atomic mass is 16.5. The van der Waals surface area contributed by atoms with E-state index < -0.39 is 0 Å². The van der Waals surface area contributed by atoms with Crippen molar-refractivity contribution in [3.05, 3.63) is 5.82 Å². The maximum atomic E-state index is 6.20. The molecule has 2 aliphatic rings. The van der Waals surface area contributed by atoms with Crippen molar-refractivity contribution in [3.63, 3.8) is 0 Å². The van der Waals surface area contributed by atoms with Crippen LogP contribution < -0.4 is 15.8 Å². The van der Waals surface area contributed by atoms with Crippen molar-refractivity contribution in [3.8, 4) is 5.88 Å². The van der Waals surface area contributed by atoms with Crippen LogP contribution in [0.4, 0.5) is 11.5 Å². The van der Waals surface area contributed by atoms with Gasteiger partial charge in [0.05, 0.1) is 6.61 Å². The van der Waals surface area contributed by atoms with Crippen molar-refractivity contribution in [1.29, 1.82) is 0 Å². The lowest BCUT2D eigenvalue weighted by Crippen LogP contribution is -2.21. The van der Waals surface area contributed by atoms with Crippen molar-refractivity contribution in [2.24, 2.45) is 0 Å². The molecule has 3 rings (SSSR count). The van der Waals surface area contributed by atoms with Gasteiger partial charge in [-0.25, -0.2) is 4.98 Å². The quantitative estimate of drug-likeness (QED) is 0.812. The van der Waals surface area contributed by atoms with Gasteiger partial charge < -0.3 is 15.8 Å². The first-order chi connectivity index (χ1) is 10.3. The summed E-state index contributed by atoms with van der Waals surface area (Å²) >= 11 is 0. The maximum absolute atomic E-state index is 6.20. The van der Waals surface area contributed by atoms with E-state index in [2.05, 4.69) is 15.3 Å². The van der Waals surface area contributed by atoms with Crippen LogP contribution in [-0.2, 0) is 0 Å². The van der Waals surface area contributed by atoms with Crippen molar-refractivity contribution < 1.29 is 4.74 Å². The average Bonchev–Trinajstić information content (AvgIpc) is 3.30. The largest absolute Gasteiger partial charge is 0.476 e. The lowest BCUT2D eigenvalue weighted by atomic mass is 10.1. The molecule has 2 aliphatic carbocycles. The van der Waals surface area contributed by atoms with Gasteiger partial charge in [-0.1, -0.05) is 25.7 Å². The number of nitrogens with zero attached hydrogens (tertiary/aromatic N) is 2. The summed E-state index contributed by atoms with van der Waals surface area (Å²) in [7, 11) is 0. The van der Waals surface area contributed by atoms with Gasteiger partial charge in [0.15, 0.2) is 5.82 Å². The molecule has 0 aliphatic heterocycles. The monoisotopic (exact) mass is 290 g/mol. The molecular formula is C16H26N4O. The van der Waals surface area contributed by atoms with Gasteiger partial charge in [0.2, 0.25) is 5.88 Å². The van der Waals surface area contributed by atoms with Gasteiger partial charge in [0, 0.05) is 12.0 Å². The second-order valence-electron chi connectivity index (χ2n) is 6.19. The van der Waals surface area contributed by atoms with E-state index in [1.165, 1.54) is 51.4 Å². The molecule has 0 amide bonds. The van der Waals surface area contributed by atoms with Crippen molar-refractivity contribution in [2.75, 3.05) is 17.7 Å². The fraction of sp³-hybridized carbons (Fsp3) is 0.750. The third kappa shape index (κ3) is 3.57. The Kier molecular flexibility index (Phi) is 4.46. The Balaban J connectivity index is 1.81. The van der Waals surface area contributed by atoms with Crippen LogP contribution in [0.25, 0.3) is 0 Å². The summed E-state index contributed by atoms with van der Waals surface area (Å²) in [5, 5.41) is 3.55. The first-order valence-corrected chi connectivity index (χ1v) is 8.34. The Morgan fingerprint density at radius 2 is 1.81 bits per heavy atom. The number of ether oxygens (including phenoxy) is 1. The number of hydrogen-bond donors (Lipinski definition) is 2. The Bertz CT molecular complexity index is 479.